The van der Waals surface area contributed by atoms with Gasteiger partial charge in [0.15, 0.2) is 0 Å². The summed E-state index contributed by atoms with van der Waals surface area (Å²) < 4.78 is 37.0. The van der Waals surface area contributed by atoms with Gasteiger partial charge in [0.1, 0.15) is 5.82 Å². The van der Waals surface area contributed by atoms with E-state index in [2.05, 4.69) is 4.98 Å². The molecule has 1 aliphatic heterocycles. The van der Waals surface area contributed by atoms with Crippen molar-refractivity contribution >= 4 is 17.4 Å². The minimum absolute atomic E-state index is 0.401. The molecular weight excluding hydrogens is 291 g/mol. The Bertz CT molecular complexity index is 457. The number of rotatable bonds is 3. The summed E-state index contributed by atoms with van der Waals surface area (Å²) in [5, 5.41) is 0. The Morgan fingerprint density at radius 3 is 2.40 bits per heavy atom. The van der Waals surface area contributed by atoms with Crippen molar-refractivity contribution in [3.63, 3.8) is 0 Å². The molecule has 3 nitrogen and oxygen atoms in total. The number of pyridine rings is 1. The highest BCUT2D eigenvalue weighted by atomic mass is 35.5. The highest BCUT2D eigenvalue weighted by Gasteiger charge is 2.32. The number of anilines is 1. The highest BCUT2D eigenvalue weighted by Crippen LogP contribution is 2.22. The lowest BCUT2D eigenvalue weighted by Crippen LogP contribution is -2.49. The number of halogens is 4. The van der Waals surface area contributed by atoms with Crippen LogP contribution in [0.25, 0.3) is 0 Å². The number of hydrogen-bond donors (Lipinski definition) is 0. The normalized spacial score (nSPS) is 17.6. The molecule has 0 atom stereocenters. The third kappa shape index (κ3) is 3.99. The lowest BCUT2D eigenvalue weighted by atomic mass is 10.2. The van der Waals surface area contributed by atoms with E-state index in [1.165, 1.54) is 4.90 Å². The SMILES string of the molecule is Cc1cc(CCl)cnc1N1CCN(CC(F)(F)F)CC1. The second-order valence-corrected chi connectivity index (χ2v) is 5.26. The van der Waals surface area contributed by atoms with Crippen molar-refractivity contribution in [2.24, 2.45) is 0 Å². The van der Waals surface area contributed by atoms with Crippen LogP contribution < -0.4 is 4.90 Å². The Balaban J connectivity index is 1.97. The molecule has 0 spiro atoms. The van der Waals surface area contributed by atoms with E-state index in [4.69, 9.17) is 11.6 Å². The average molecular weight is 308 g/mol. The summed E-state index contributed by atoms with van der Waals surface area (Å²) in [4.78, 5) is 7.83. The quantitative estimate of drug-likeness (QED) is 0.801. The van der Waals surface area contributed by atoms with E-state index in [1.54, 1.807) is 6.20 Å². The van der Waals surface area contributed by atoms with Crippen molar-refractivity contribution in [3.05, 3.63) is 23.4 Å². The van der Waals surface area contributed by atoms with Crippen molar-refractivity contribution in [1.29, 1.82) is 0 Å². The van der Waals surface area contributed by atoms with Crippen molar-refractivity contribution < 1.29 is 13.2 Å². The van der Waals surface area contributed by atoms with Crippen molar-refractivity contribution in [2.45, 2.75) is 19.0 Å². The molecule has 1 aromatic rings. The molecule has 112 valence electrons. The van der Waals surface area contributed by atoms with Gasteiger partial charge >= 0.3 is 6.18 Å². The Hall–Kier alpha value is -1.01. The predicted octanol–water partition coefficient (Wildman–Crippen LogP) is 2.81. The Kier molecular flexibility index (Phi) is 4.75. The summed E-state index contributed by atoms with van der Waals surface area (Å²) in [6.45, 7) is 3.03. The third-order valence-corrected chi connectivity index (χ3v) is 3.64. The van der Waals surface area contributed by atoms with Crippen LogP contribution in [0.3, 0.4) is 0 Å². The molecule has 2 rings (SSSR count). The van der Waals surface area contributed by atoms with E-state index in [0.717, 1.165) is 16.9 Å². The second-order valence-electron chi connectivity index (χ2n) is 5.00. The van der Waals surface area contributed by atoms with E-state index >= 15 is 0 Å². The minimum Gasteiger partial charge on any atom is -0.354 e. The number of nitrogens with zero attached hydrogens (tertiary/aromatic N) is 3. The van der Waals surface area contributed by atoms with Crippen LogP contribution in [0.1, 0.15) is 11.1 Å². The molecule has 0 unspecified atom stereocenters. The first-order valence-electron chi connectivity index (χ1n) is 6.44. The Morgan fingerprint density at radius 2 is 1.90 bits per heavy atom. The fraction of sp³-hybridized carbons (Fsp3) is 0.615. The van der Waals surface area contributed by atoms with Gasteiger partial charge in [0.05, 0.1) is 6.54 Å². The molecule has 2 heterocycles. The average Bonchev–Trinajstić information content (AvgIpc) is 2.38. The zero-order chi connectivity index (χ0) is 14.8. The van der Waals surface area contributed by atoms with Crippen LogP contribution in [0.2, 0.25) is 0 Å². The van der Waals surface area contributed by atoms with Gasteiger partial charge in [-0.25, -0.2) is 4.98 Å². The number of alkyl halides is 4. The Morgan fingerprint density at radius 1 is 1.25 bits per heavy atom. The molecular formula is C13H17ClF3N3. The monoisotopic (exact) mass is 307 g/mol. The standard InChI is InChI=1S/C13H17ClF3N3/c1-10-6-11(7-14)8-18-12(10)20-4-2-19(3-5-20)9-13(15,16)17/h6,8H,2-5,7,9H2,1H3. The molecule has 1 fully saturated rings. The van der Waals surface area contributed by atoms with Gasteiger partial charge < -0.3 is 4.90 Å². The lowest BCUT2D eigenvalue weighted by Gasteiger charge is -2.36. The van der Waals surface area contributed by atoms with Gasteiger partial charge in [-0.05, 0) is 24.1 Å². The van der Waals surface area contributed by atoms with E-state index in [-0.39, 0.29) is 0 Å². The molecule has 0 N–H and O–H groups in total. The number of aromatic nitrogens is 1. The van der Waals surface area contributed by atoms with Crippen molar-refractivity contribution in [1.82, 2.24) is 9.88 Å². The summed E-state index contributed by atoms with van der Waals surface area (Å²) >= 11 is 5.75. The van der Waals surface area contributed by atoms with E-state index in [1.807, 2.05) is 17.9 Å². The second kappa shape index (κ2) is 6.18. The number of aryl methyl sites for hydroxylation is 1. The molecule has 0 aromatic carbocycles. The van der Waals surface area contributed by atoms with Crippen LogP contribution in [0.15, 0.2) is 12.3 Å². The van der Waals surface area contributed by atoms with Gasteiger partial charge in [-0.15, -0.1) is 11.6 Å². The van der Waals surface area contributed by atoms with Gasteiger partial charge in [0.25, 0.3) is 0 Å². The van der Waals surface area contributed by atoms with E-state index in [9.17, 15) is 13.2 Å². The predicted molar refractivity (Wildman–Crippen MR) is 73.2 cm³/mol. The molecule has 1 aliphatic rings. The maximum absolute atomic E-state index is 12.3. The first-order chi connectivity index (χ1) is 9.39. The lowest BCUT2D eigenvalue weighted by molar-refractivity contribution is -0.146. The summed E-state index contributed by atoms with van der Waals surface area (Å²) in [5.74, 6) is 1.25. The maximum atomic E-state index is 12.3. The third-order valence-electron chi connectivity index (χ3n) is 3.34. The molecule has 0 amide bonds. The van der Waals surface area contributed by atoms with Gasteiger partial charge in [-0.3, -0.25) is 4.90 Å². The van der Waals surface area contributed by atoms with Crippen LogP contribution in [0.4, 0.5) is 19.0 Å². The summed E-state index contributed by atoms with van der Waals surface area (Å²) in [7, 11) is 0. The van der Waals surface area contributed by atoms with Crippen molar-refractivity contribution in [2.75, 3.05) is 37.6 Å². The largest absolute Gasteiger partial charge is 0.401 e. The van der Waals surface area contributed by atoms with E-state index < -0.39 is 12.7 Å². The number of piperazine rings is 1. The zero-order valence-corrected chi connectivity index (χ0v) is 12.0. The van der Waals surface area contributed by atoms with Crippen LogP contribution in [0, 0.1) is 6.92 Å². The highest BCUT2D eigenvalue weighted by molar-refractivity contribution is 6.17. The van der Waals surface area contributed by atoms with Gasteiger partial charge in [-0.1, -0.05) is 0 Å². The molecule has 1 saturated heterocycles. The van der Waals surface area contributed by atoms with Gasteiger partial charge in [0.2, 0.25) is 0 Å². The van der Waals surface area contributed by atoms with E-state index in [0.29, 0.717) is 32.1 Å². The van der Waals surface area contributed by atoms with Crippen molar-refractivity contribution in [3.8, 4) is 0 Å². The fourth-order valence-corrected chi connectivity index (χ4v) is 2.55. The van der Waals surface area contributed by atoms with Gasteiger partial charge in [0, 0.05) is 38.3 Å². The zero-order valence-electron chi connectivity index (χ0n) is 11.3. The molecule has 7 heteroatoms. The van der Waals surface area contributed by atoms with Gasteiger partial charge in [-0.2, -0.15) is 13.2 Å². The molecule has 0 bridgehead atoms. The van der Waals surface area contributed by atoms with Crippen LogP contribution in [-0.4, -0.2) is 48.8 Å². The smallest absolute Gasteiger partial charge is 0.354 e. The first kappa shape index (κ1) is 15.4. The molecule has 20 heavy (non-hydrogen) atoms. The van der Waals surface area contributed by atoms with Crippen LogP contribution >= 0.6 is 11.6 Å². The molecule has 0 saturated carbocycles. The summed E-state index contributed by atoms with van der Waals surface area (Å²) in [5.41, 5.74) is 1.95. The molecule has 1 aromatic heterocycles. The van der Waals surface area contributed by atoms with Crippen LogP contribution in [-0.2, 0) is 5.88 Å². The first-order valence-corrected chi connectivity index (χ1v) is 6.98. The molecule has 0 aliphatic carbocycles. The molecule has 0 radical (unpaired) electrons. The minimum atomic E-state index is -4.13. The summed E-state index contributed by atoms with van der Waals surface area (Å²) in [6.07, 6.45) is -2.41. The topological polar surface area (TPSA) is 19.4 Å². The van der Waals surface area contributed by atoms with Crippen LogP contribution in [0.5, 0.6) is 0 Å². The summed E-state index contributed by atoms with van der Waals surface area (Å²) in [6, 6.07) is 1.97. The maximum Gasteiger partial charge on any atom is 0.401 e. The number of hydrogen-bond acceptors (Lipinski definition) is 3. The Labute approximate surface area is 121 Å². The fourth-order valence-electron chi connectivity index (χ4n) is 2.40.